The molecule has 3 aromatic rings. The van der Waals surface area contributed by atoms with Gasteiger partial charge in [0.15, 0.2) is 0 Å². The van der Waals surface area contributed by atoms with Crippen molar-refractivity contribution in [3.63, 3.8) is 0 Å². The van der Waals surface area contributed by atoms with Gasteiger partial charge < -0.3 is 16.4 Å². The number of nitrogens with two attached hydrogens (primary N) is 1. The summed E-state index contributed by atoms with van der Waals surface area (Å²) < 4.78 is 53.2. The van der Waals surface area contributed by atoms with Crippen LogP contribution in [0.2, 0.25) is 0 Å². The fourth-order valence-electron chi connectivity index (χ4n) is 2.82. The van der Waals surface area contributed by atoms with Crippen molar-refractivity contribution in [3.8, 4) is 0 Å². The Morgan fingerprint density at radius 1 is 0.939 bits per heavy atom. The number of benzene rings is 2. The Bertz CT molecular complexity index is 1240. The zero-order chi connectivity index (χ0) is 23.9. The Hall–Kier alpha value is -2.61. The predicted molar refractivity (Wildman–Crippen MR) is 132 cm³/mol. The number of nitrogen functional groups attached to an aromatic ring is 1. The second kappa shape index (κ2) is 11.0. The van der Waals surface area contributed by atoms with E-state index >= 15 is 0 Å². The van der Waals surface area contributed by atoms with Crippen molar-refractivity contribution in [1.82, 2.24) is 20.8 Å². The summed E-state index contributed by atoms with van der Waals surface area (Å²) in [6, 6.07) is 15.0. The lowest BCUT2D eigenvalue weighted by atomic mass is 10.4. The third kappa shape index (κ3) is 6.05. The summed E-state index contributed by atoms with van der Waals surface area (Å²) in [7, 11) is -7.27. The van der Waals surface area contributed by atoms with Gasteiger partial charge in [0.05, 0.1) is 9.79 Å². The molecule has 0 amide bonds. The molecular weight excluding hydrogens is 503 g/mol. The van der Waals surface area contributed by atoms with E-state index in [0.29, 0.717) is 23.2 Å². The first kappa shape index (κ1) is 25.0. The summed E-state index contributed by atoms with van der Waals surface area (Å²) >= 11 is 2.83. The van der Waals surface area contributed by atoms with Crippen LogP contribution < -0.4 is 16.4 Å². The number of anilines is 1. The van der Waals surface area contributed by atoms with Crippen molar-refractivity contribution in [2.45, 2.75) is 15.5 Å². The number of hydrogen-bond donors (Lipinski definition) is 3. The first-order valence-corrected chi connectivity index (χ1v) is 14.6. The van der Waals surface area contributed by atoms with E-state index in [4.69, 9.17) is 5.73 Å². The van der Waals surface area contributed by atoms with Crippen LogP contribution in [0.4, 0.5) is 5.13 Å². The van der Waals surface area contributed by atoms with Gasteiger partial charge in [0.2, 0.25) is 29.0 Å². The molecule has 1 heterocycles. The molecule has 0 aliphatic heterocycles. The smallest absolute Gasteiger partial charge is 0.221 e. The molecule has 0 saturated carbocycles. The number of aromatic nitrogens is 2. The molecule has 176 valence electrons. The lowest BCUT2D eigenvalue weighted by Gasteiger charge is -2.18. The van der Waals surface area contributed by atoms with Crippen LogP contribution in [0.1, 0.15) is 5.01 Å². The first-order chi connectivity index (χ1) is 15.8. The van der Waals surface area contributed by atoms with Crippen LogP contribution in [0.15, 0.2) is 80.5 Å². The van der Waals surface area contributed by atoms with Gasteiger partial charge in [-0.15, -0.1) is 10.2 Å². The van der Waals surface area contributed by atoms with Crippen molar-refractivity contribution < 1.29 is 16.8 Å². The van der Waals surface area contributed by atoms with E-state index in [-0.39, 0.29) is 15.6 Å². The van der Waals surface area contributed by atoms with E-state index in [2.05, 4.69) is 20.8 Å². The molecule has 4 N–H and O–H groups in total. The molecule has 1 aromatic heterocycles. The highest BCUT2D eigenvalue weighted by atomic mass is 32.3. The number of hydrogen-bond acceptors (Lipinski definition) is 11. The van der Waals surface area contributed by atoms with Crippen molar-refractivity contribution >= 4 is 47.9 Å². The molecular formula is C20H23N5O4S4. The van der Waals surface area contributed by atoms with E-state index in [1.165, 1.54) is 54.4 Å². The molecule has 0 fully saturated rings. The molecule has 13 heteroatoms. The van der Waals surface area contributed by atoms with Gasteiger partial charge in [0, 0.05) is 25.1 Å². The van der Waals surface area contributed by atoms with Crippen LogP contribution >= 0.6 is 23.1 Å². The van der Waals surface area contributed by atoms with Gasteiger partial charge >= 0.3 is 0 Å². The average Bonchev–Trinajstić information content (AvgIpc) is 3.23. The molecule has 9 nitrogen and oxygen atoms in total. The second-order valence-electron chi connectivity index (χ2n) is 6.56. The van der Waals surface area contributed by atoms with Gasteiger partial charge in [-0.1, -0.05) is 47.7 Å². The summed E-state index contributed by atoms with van der Waals surface area (Å²) in [5.41, 5.74) is 5.57. The highest BCUT2D eigenvalue weighted by molar-refractivity contribution is 8.14. The molecule has 0 unspecified atom stereocenters. The largest absolute Gasteiger partial charge is 0.374 e. The van der Waals surface area contributed by atoms with Crippen LogP contribution in [0.25, 0.3) is 0 Å². The number of thioether (sulfide) groups is 1. The van der Waals surface area contributed by atoms with Gasteiger partial charge in [-0.25, -0.2) is 16.8 Å². The number of rotatable bonds is 11. The second-order valence-corrected chi connectivity index (χ2v) is 12.8. The van der Waals surface area contributed by atoms with Crippen molar-refractivity contribution in [1.29, 1.82) is 0 Å². The zero-order valence-corrected chi connectivity index (χ0v) is 20.9. The SMILES string of the molecule is CNC(NCCSCc1nnc(N)s1)=C(S(=O)(=O)c1ccccc1)S(=O)(=O)c1ccccc1. The van der Waals surface area contributed by atoms with Crippen molar-refractivity contribution in [3.05, 3.63) is 75.7 Å². The standard InChI is InChI=1S/C20H23N5O4S4/c1-22-18(23-12-13-30-14-17-24-25-20(21)31-17)19(32(26,27)15-8-4-2-5-9-15)33(28,29)16-10-6-3-7-11-16/h2-11,22-23H,12-14H2,1H3,(H2,21,25). The predicted octanol–water partition coefficient (Wildman–Crippen LogP) is 2.24. The van der Waals surface area contributed by atoms with Crippen LogP contribution in [-0.2, 0) is 25.4 Å². The molecule has 0 radical (unpaired) electrons. The van der Waals surface area contributed by atoms with Crippen LogP contribution in [0.5, 0.6) is 0 Å². The maximum Gasteiger partial charge on any atom is 0.221 e. The summed E-state index contributed by atoms with van der Waals surface area (Å²) in [5, 5.41) is 14.6. The number of nitrogens with zero attached hydrogens (tertiary/aromatic N) is 2. The Kier molecular flexibility index (Phi) is 8.35. The van der Waals surface area contributed by atoms with E-state index in [9.17, 15) is 16.8 Å². The zero-order valence-electron chi connectivity index (χ0n) is 17.6. The minimum Gasteiger partial charge on any atom is -0.374 e. The highest BCUT2D eigenvalue weighted by Gasteiger charge is 2.37. The quantitative estimate of drug-likeness (QED) is 0.319. The summed E-state index contributed by atoms with van der Waals surface area (Å²) in [6.07, 6.45) is 0. The Morgan fingerprint density at radius 3 is 1.94 bits per heavy atom. The third-order valence-electron chi connectivity index (χ3n) is 4.31. The molecule has 0 spiro atoms. The molecule has 0 aliphatic carbocycles. The van der Waals surface area contributed by atoms with Gasteiger partial charge in [-0.2, -0.15) is 11.8 Å². The average molecular weight is 526 g/mol. The molecule has 33 heavy (non-hydrogen) atoms. The Morgan fingerprint density at radius 2 is 1.48 bits per heavy atom. The fraction of sp³-hybridized carbons (Fsp3) is 0.200. The van der Waals surface area contributed by atoms with Gasteiger partial charge in [0.1, 0.15) is 10.8 Å². The lowest BCUT2D eigenvalue weighted by Crippen LogP contribution is -2.32. The van der Waals surface area contributed by atoms with Gasteiger partial charge in [0.25, 0.3) is 0 Å². The summed E-state index contributed by atoms with van der Waals surface area (Å²) in [6.45, 7) is 0.313. The highest BCUT2D eigenvalue weighted by Crippen LogP contribution is 2.30. The monoisotopic (exact) mass is 525 g/mol. The van der Waals surface area contributed by atoms with E-state index in [0.717, 1.165) is 5.01 Å². The summed E-state index contributed by atoms with van der Waals surface area (Å²) in [5.74, 6) is 1.06. The third-order valence-corrected chi connectivity index (χ3v) is 10.7. The molecule has 0 bridgehead atoms. The minimum atomic E-state index is -4.37. The Balaban J connectivity index is 1.92. The molecule has 0 saturated heterocycles. The molecule has 0 atom stereocenters. The molecule has 3 rings (SSSR count). The Labute approximate surface area is 201 Å². The minimum absolute atomic E-state index is 0.0940. The van der Waals surface area contributed by atoms with Crippen molar-refractivity contribution in [2.75, 3.05) is 25.1 Å². The maximum absolute atomic E-state index is 13.5. The lowest BCUT2D eigenvalue weighted by molar-refractivity contribution is 0.592. The first-order valence-electron chi connectivity index (χ1n) is 9.68. The number of nitrogens with one attached hydrogen (secondary N) is 2. The van der Waals surface area contributed by atoms with Crippen molar-refractivity contribution in [2.24, 2.45) is 0 Å². The summed E-state index contributed by atoms with van der Waals surface area (Å²) in [4.78, 5) is -0.227. The van der Waals surface area contributed by atoms with Gasteiger partial charge in [-0.05, 0) is 24.3 Å². The van der Waals surface area contributed by atoms with Crippen LogP contribution in [-0.4, -0.2) is 46.4 Å². The fourth-order valence-corrected chi connectivity index (χ4v) is 8.41. The van der Waals surface area contributed by atoms with Gasteiger partial charge in [-0.3, -0.25) is 0 Å². The van der Waals surface area contributed by atoms with Crippen LogP contribution in [0, 0.1) is 0 Å². The van der Waals surface area contributed by atoms with E-state index in [1.807, 2.05) is 0 Å². The number of sulfone groups is 2. The molecule has 2 aromatic carbocycles. The van der Waals surface area contributed by atoms with Crippen LogP contribution in [0.3, 0.4) is 0 Å². The normalized spacial score (nSPS) is 11.7. The van der Waals surface area contributed by atoms with E-state index < -0.39 is 23.9 Å². The maximum atomic E-state index is 13.5. The molecule has 0 aliphatic rings. The topological polar surface area (TPSA) is 144 Å². The van der Waals surface area contributed by atoms with E-state index in [1.54, 1.807) is 36.4 Å².